The third-order valence-corrected chi connectivity index (χ3v) is 6.33. The van der Waals surface area contributed by atoms with Crippen molar-refractivity contribution in [1.82, 2.24) is 24.8 Å². The van der Waals surface area contributed by atoms with E-state index in [1.54, 1.807) is 19.4 Å². The first-order valence-corrected chi connectivity index (χ1v) is 11.4. The fraction of sp³-hybridized carbons (Fsp3) is 0.458. The molecule has 9 nitrogen and oxygen atoms in total. The topological polar surface area (TPSA) is 90.7 Å². The second-order valence-corrected chi connectivity index (χ2v) is 8.40. The van der Waals surface area contributed by atoms with E-state index in [0.717, 1.165) is 49.1 Å². The monoisotopic (exact) mass is 451 g/mol. The average Bonchev–Trinajstić information content (AvgIpc) is 2.87. The molecule has 2 aliphatic heterocycles. The van der Waals surface area contributed by atoms with Crippen LogP contribution in [-0.4, -0.2) is 65.4 Å². The molecule has 174 valence electrons. The van der Waals surface area contributed by atoms with E-state index < -0.39 is 0 Å². The molecule has 0 unspecified atom stereocenters. The molecule has 1 saturated heterocycles. The van der Waals surface area contributed by atoms with E-state index in [9.17, 15) is 4.79 Å². The third kappa shape index (κ3) is 4.94. The van der Waals surface area contributed by atoms with Crippen LogP contribution in [0.3, 0.4) is 0 Å². The van der Waals surface area contributed by atoms with Gasteiger partial charge in [0, 0.05) is 31.3 Å². The summed E-state index contributed by atoms with van der Waals surface area (Å²) in [4.78, 5) is 23.8. The van der Waals surface area contributed by atoms with Gasteiger partial charge in [0.15, 0.2) is 5.75 Å². The van der Waals surface area contributed by atoms with Gasteiger partial charge >= 0.3 is 0 Å². The van der Waals surface area contributed by atoms with Gasteiger partial charge in [0.1, 0.15) is 24.8 Å². The van der Waals surface area contributed by atoms with Gasteiger partial charge in [-0.2, -0.15) is 4.98 Å². The molecule has 4 heterocycles. The van der Waals surface area contributed by atoms with E-state index in [2.05, 4.69) is 20.2 Å². The smallest absolute Gasteiger partial charge is 0.260 e. The highest BCUT2D eigenvalue weighted by molar-refractivity contribution is 5.80. The molecular weight excluding hydrogens is 422 g/mol. The summed E-state index contributed by atoms with van der Waals surface area (Å²) in [6, 6.07) is 9.79. The summed E-state index contributed by atoms with van der Waals surface area (Å²) in [6.07, 6.45) is 3.78. The number of rotatable bonds is 7. The molecule has 0 aliphatic carbocycles. The molecule has 2 aliphatic rings. The van der Waals surface area contributed by atoms with Crippen molar-refractivity contribution in [2.24, 2.45) is 0 Å². The predicted molar refractivity (Wildman–Crippen MR) is 124 cm³/mol. The molecule has 1 fully saturated rings. The van der Waals surface area contributed by atoms with Crippen molar-refractivity contribution in [3.8, 4) is 17.4 Å². The van der Waals surface area contributed by atoms with Crippen molar-refractivity contribution >= 4 is 10.9 Å². The molecule has 0 saturated carbocycles. The van der Waals surface area contributed by atoms with Crippen LogP contribution in [0.4, 0.5) is 0 Å². The number of piperidine rings is 1. The first-order chi connectivity index (χ1) is 16.2. The van der Waals surface area contributed by atoms with Gasteiger partial charge in [-0.25, -0.2) is 4.98 Å². The molecule has 0 atom stereocenters. The van der Waals surface area contributed by atoms with Crippen LogP contribution in [0, 0.1) is 0 Å². The first kappa shape index (κ1) is 21.7. The van der Waals surface area contributed by atoms with E-state index in [4.69, 9.17) is 14.2 Å². The number of likely N-dealkylation sites (tertiary alicyclic amines) is 1. The Hall–Kier alpha value is -3.17. The largest absolute Gasteiger partial charge is 0.497 e. The first-order valence-electron chi connectivity index (χ1n) is 11.4. The summed E-state index contributed by atoms with van der Waals surface area (Å²) in [7, 11) is 1.64. The van der Waals surface area contributed by atoms with Gasteiger partial charge in [0.25, 0.3) is 11.4 Å². The van der Waals surface area contributed by atoms with Gasteiger partial charge in [-0.05, 0) is 49.5 Å². The van der Waals surface area contributed by atoms with E-state index in [1.165, 1.54) is 0 Å². The van der Waals surface area contributed by atoms with Crippen LogP contribution in [0.1, 0.15) is 18.7 Å². The molecule has 1 aromatic carbocycles. The number of hydrogen-bond acceptors (Lipinski definition) is 8. The van der Waals surface area contributed by atoms with Crippen molar-refractivity contribution in [1.29, 1.82) is 0 Å². The Morgan fingerprint density at radius 2 is 1.94 bits per heavy atom. The zero-order valence-electron chi connectivity index (χ0n) is 18.8. The number of ether oxygens (including phenoxy) is 3. The number of benzene rings is 1. The van der Waals surface area contributed by atoms with Crippen LogP contribution < -0.4 is 25.1 Å². The summed E-state index contributed by atoms with van der Waals surface area (Å²) >= 11 is 0. The van der Waals surface area contributed by atoms with E-state index in [1.807, 2.05) is 28.8 Å². The number of pyridine rings is 1. The van der Waals surface area contributed by atoms with Crippen LogP contribution >= 0.6 is 0 Å². The second kappa shape index (κ2) is 9.76. The molecule has 2 aromatic heterocycles. The van der Waals surface area contributed by atoms with Crippen molar-refractivity contribution in [2.75, 3.05) is 40.0 Å². The SMILES string of the molecule is COc1ccc2ccc(=O)n(CCN3CCC(NCc4ncc5c(n4)OCCO5)CC3)c2c1. The number of methoxy groups -OCH3 is 1. The highest BCUT2D eigenvalue weighted by atomic mass is 16.6. The van der Waals surface area contributed by atoms with Crippen molar-refractivity contribution in [2.45, 2.75) is 32.0 Å². The van der Waals surface area contributed by atoms with Gasteiger partial charge in [0.05, 0.1) is 25.4 Å². The lowest BCUT2D eigenvalue weighted by atomic mass is 10.1. The molecule has 0 bridgehead atoms. The average molecular weight is 452 g/mol. The van der Waals surface area contributed by atoms with Crippen LogP contribution in [0.25, 0.3) is 10.9 Å². The Balaban J connectivity index is 1.13. The number of nitrogens with one attached hydrogen (secondary N) is 1. The minimum absolute atomic E-state index is 0.0201. The van der Waals surface area contributed by atoms with Crippen LogP contribution in [0.5, 0.6) is 17.4 Å². The quantitative estimate of drug-likeness (QED) is 0.582. The van der Waals surface area contributed by atoms with Gasteiger partial charge in [-0.1, -0.05) is 0 Å². The van der Waals surface area contributed by atoms with Crippen LogP contribution in [-0.2, 0) is 13.1 Å². The lowest BCUT2D eigenvalue weighted by Gasteiger charge is -2.32. The van der Waals surface area contributed by atoms with Crippen molar-refractivity contribution < 1.29 is 14.2 Å². The normalized spacial score (nSPS) is 16.8. The molecular formula is C24H29N5O4. The molecule has 0 spiro atoms. The Labute approximate surface area is 192 Å². The van der Waals surface area contributed by atoms with Gasteiger partial charge in [-0.15, -0.1) is 0 Å². The zero-order valence-corrected chi connectivity index (χ0v) is 18.8. The predicted octanol–water partition coefficient (Wildman–Crippen LogP) is 1.83. The van der Waals surface area contributed by atoms with Crippen LogP contribution in [0.15, 0.2) is 41.3 Å². The number of fused-ring (bicyclic) bond motifs is 2. The number of nitrogens with zero attached hydrogens (tertiary/aromatic N) is 4. The molecule has 0 amide bonds. The highest BCUT2D eigenvalue weighted by Gasteiger charge is 2.20. The number of aromatic nitrogens is 3. The summed E-state index contributed by atoms with van der Waals surface area (Å²) < 4.78 is 18.2. The molecule has 9 heteroatoms. The molecule has 33 heavy (non-hydrogen) atoms. The Kier molecular flexibility index (Phi) is 6.41. The summed E-state index contributed by atoms with van der Waals surface area (Å²) in [5.74, 6) is 2.62. The summed E-state index contributed by atoms with van der Waals surface area (Å²) in [6.45, 7) is 5.14. The maximum atomic E-state index is 12.5. The molecule has 0 radical (unpaired) electrons. The van der Waals surface area contributed by atoms with Gasteiger partial charge in [-0.3, -0.25) is 4.79 Å². The van der Waals surface area contributed by atoms with E-state index >= 15 is 0 Å². The molecule has 1 N–H and O–H groups in total. The maximum absolute atomic E-state index is 12.5. The Morgan fingerprint density at radius 3 is 2.79 bits per heavy atom. The lowest BCUT2D eigenvalue weighted by molar-refractivity contribution is 0.162. The van der Waals surface area contributed by atoms with Crippen molar-refractivity contribution in [3.63, 3.8) is 0 Å². The van der Waals surface area contributed by atoms with Gasteiger partial charge in [0.2, 0.25) is 0 Å². The second-order valence-electron chi connectivity index (χ2n) is 8.40. The van der Waals surface area contributed by atoms with Crippen molar-refractivity contribution in [3.05, 3.63) is 52.7 Å². The number of hydrogen-bond donors (Lipinski definition) is 1. The zero-order chi connectivity index (χ0) is 22.6. The van der Waals surface area contributed by atoms with E-state index in [-0.39, 0.29) is 5.56 Å². The standard InChI is InChI=1S/C24H29N5O4/c1-31-19-4-2-17-3-5-23(30)29(20(17)14-19)11-10-28-8-6-18(7-9-28)25-16-22-26-15-21-24(27-22)33-13-12-32-21/h2-5,14-15,18,25H,6-13,16H2,1H3. The minimum atomic E-state index is 0.0201. The minimum Gasteiger partial charge on any atom is -0.497 e. The Bertz CT molecular complexity index is 1170. The molecule has 3 aromatic rings. The third-order valence-electron chi connectivity index (χ3n) is 6.33. The van der Waals surface area contributed by atoms with E-state index in [0.29, 0.717) is 49.8 Å². The summed E-state index contributed by atoms with van der Waals surface area (Å²) in [5.41, 5.74) is 0.935. The highest BCUT2D eigenvalue weighted by Crippen LogP contribution is 2.26. The van der Waals surface area contributed by atoms with Gasteiger partial charge < -0.3 is 29.0 Å². The van der Waals surface area contributed by atoms with Crippen LogP contribution in [0.2, 0.25) is 0 Å². The molecule has 5 rings (SSSR count). The lowest BCUT2D eigenvalue weighted by Crippen LogP contribution is -2.43. The fourth-order valence-corrected chi connectivity index (χ4v) is 4.43. The summed E-state index contributed by atoms with van der Waals surface area (Å²) in [5, 5.41) is 4.61. The fourth-order valence-electron chi connectivity index (χ4n) is 4.43. The Morgan fingerprint density at radius 1 is 1.12 bits per heavy atom. The maximum Gasteiger partial charge on any atom is 0.260 e.